The second-order valence-corrected chi connectivity index (χ2v) is 8.10. The van der Waals surface area contributed by atoms with Gasteiger partial charge in [0.05, 0.1) is 24.4 Å². The van der Waals surface area contributed by atoms with Gasteiger partial charge in [-0.1, -0.05) is 48.2 Å². The van der Waals surface area contributed by atoms with Crippen LogP contribution in [0, 0.1) is 0 Å². The van der Waals surface area contributed by atoms with Gasteiger partial charge < -0.3 is 15.4 Å². The fourth-order valence-electron chi connectivity index (χ4n) is 4.08. The molecule has 8 heteroatoms. The van der Waals surface area contributed by atoms with E-state index in [0.29, 0.717) is 33.5 Å². The monoisotopic (exact) mass is 432 g/mol. The molecule has 1 unspecified atom stereocenters. The molecule has 1 aromatic heterocycles. The number of anilines is 2. The molecular formula is C23H20N4O3S. The van der Waals surface area contributed by atoms with Gasteiger partial charge in [0, 0.05) is 18.2 Å². The SMILES string of the molecule is COc1ccc(C2Nc3nc(SC)n(C)c(=O)c3NC3=C2C(=O)c2ccccc23)cc1. The van der Waals surface area contributed by atoms with E-state index in [1.54, 1.807) is 14.2 Å². The third kappa shape index (κ3) is 2.94. The number of ether oxygens (including phenoxy) is 1. The molecular weight excluding hydrogens is 412 g/mol. The first kappa shape index (κ1) is 19.4. The lowest BCUT2D eigenvalue weighted by Gasteiger charge is -2.20. The summed E-state index contributed by atoms with van der Waals surface area (Å²) in [5, 5.41) is 7.21. The molecule has 0 spiro atoms. The third-order valence-corrected chi connectivity index (χ3v) is 6.39. The number of carbonyl (C=O) groups excluding carboxylic acids is 1. The van der Waals surface area contributed by atoms with Gasteiger partial charge in [-0.25, -0.2) is 4.98 Å². The molecule has 0 bridgehead atoms. The summed E-state index contributed by atoms with van der Waals surface area (Å²) >= 11 is 1.39. The molecule has 156 valence electrons. The first-order valence-corrected chi connectivity index (χ1v) is 11.0. The molecule has 7 nitrogen and oxygen atoms in total. The predicted octanol–water partition coefficient (Wildman–Crippen LogP) is 3.70. The van der Waals surface area contributed by atoms with Gasteiger partial charge >= 0.3 is 0 Å². The van der Waals surface area contributed by atoms with Crippen molar-refractivity contribution in [2.45, 2.75) is 11.2 Å². The quantitative estimate of drug-likeness (QED) is 0.482. The van der Waals surface area contributed by atoms with Gasteiger partial charge in [-0.3, -0.25) is 14.2 Å². The number of nitrogens with zero attached hydrogens (tertiary/aromatic N) is 2. The number of Topliss-reactive ketones (excluding diaryl/α,β-unsaturated/α-hetero) is 1. The zero-order valence-corrected chi connectivity index (χ0v) is 18.0. The van der Waals surface area contributed by atoms with Crippen LogP contribution in [0.3, 0.4) is 0 Å². The third-order valence-electron chi connectivity index (χ3n) is 5.66. The second-order valence-electron chi connectivity index (χ2n) is 7.33. The summed E-state index contributed by atoms with van der Waals surface area (Å²) in [6.07, 6.45) is 1.87. The van der Waals surface area contributed by atoms with Crippen LogP contribution in [0.1, 0.15) is 27.5 Å². The van der Waals surface area contributed by atoms with Crippen molar-refractivity contribution in [2.75, 3.05) is 24.0 Å². The molecule has 1 atom stereocenters. The van der Waals surface area contributed by atoms with Crippen molar-refractivity contribution in [3.05, 3.63) is 81.1 Å². The van der Waals surface area contributed by atoms with Crippen LogP contribution in [0.2, 0.25) is 0 Å². The molecule has 2 N–H and O–H groups in total. The maximum absolute atomic E-state index is 13.4. The number of thioether (sulfide) groups is 1. The van der Waals surface area contributed by atoms with Gasteiger partial charge in [0.15, 0.2) is 16.8 Å². The van der Waals surface area contributed by atoms with Crippen LogP contribution < -0.4 is 20.9 Å². The fourth-order valence-corrected chi connectivity index (χ4v) is 4.61. The summed E-state index contributed by atoms with van der Waals surface area (Å²) in [7, 11) is 3.30. The number of hydrogen-bond donors (Lipinski definition) is 2. The Bertz CT molecular complexity index is 1310. The van der Waals surface area contributed by atoms with Crippen molar-refractivity contribution in [3.8, 4) is 5.75 Å². The number of ketones is 1. The van der Waals surface area contributed by atoms with E-state index in [1.165, 1.54) is 16.3 Å². The average Bonchev–Trinajstić information content (AvgIpc) is 2.96. The number of fused-ring (bicyclic) bond motifs is 3. The molecule has 0 saturated heterocycles. The molecule has 31 heavy (non-hydrogen) atoms. The first-order valence-electron chi connectivity index (χ1n) is 9.74. The van der Waals surface area contributed by atoms with E-state index in [2.05, 4.69) is 15.6 Å². The van der Waals surface area contributed by atoms with E-state index in [1.807, 2.05) is 54.8 Å². The lowest BCUT2D eigenvalue weighted by Crippen LogP contribution is -2.25. The number of rotatable bonds is 3. The standard InChI is InChI=1S/C23H20N4O3S/c1-27-22(29)19-21(26-23(27)31-3)25-17(12-8-10-13(30-2)11-9-12)16-18(24-19)14-6-4-5-7-15(14)20(16)28/h4-11,17,24-25H,1-3H3. The van der Waals surface area contributed by atoms with Crippen molar-refractivity contribution in [3.63, 3.8) is 0 Å². The molecule has 0 amide bonds. The highest BCUT2D eigenvalue weighted by Gasteiger charge is 2.38. The Morgan fingerprint density at radius 2 is 1.77 bits per heavy atom. The normalized spacial score (nSPS) is 16.6. The Kier molecular flexibility index (Phi) is 4.59. The highest BCUT2D eigenvalue weighted by atomic mass is 32.2. The minimum atomic E-state index is -0.483. The first-order chi connectivity index (χ1) is 15.0. The Labute approximate surface area is 183 Å². The number of nitrogens with one attached hydrogen (secondary N) is 2. The molecule has 2 aromatic carbocycles. The van der Waals surface area contributed by atoms with E-state index >= 15 is 0 Å². The lowest BCUT2D eigenvalue weighted by molar-refractivity contribution is 0.103. The maximum Gasteiger partial charge on any atom is 0.279 e. The summed E-state index contributed by atoms with van der Waals surface area (Å²) in [6.45, 7) is 0. The Balaban J connectivity index is 1.76. The zero-order valence-electron chi connectivity index (χ0n) is 17.2. The number of carbonyl (C=O) groups is 1. The summed E-state index contributed by atoms with van der Waals surface area (Å²) in [6, 6.07) is 14.5. The summed E-state index contributed by atoms with van der Waals surface area (Å²) in [5.41, 5.74) is 3.60. The van der Waals surface area contributed by atoms with Crippen molar-refractivity contribution in [1.82, 2.24) is 9.55 Å². The van der Waals surface area contributed by atoms with Crippen LogP contribution in [0.15, 0.2) is 64.1 Å². The molecule has 1 aliphatic heterocycles. The zero-order chi connectivity index (χ0) is 21.7. The van der Waals surface area contributed by atoms with Crippen LogP contribution in [-0.4, -0.2) is 28.7 Å². The molecule has 2 aliphatic rings. The highest BCUT2D eigenvalue weighted by Crippen LogP contribution is 2.44. The number of hydrogen-bond acceptors (Lipinski definition) is 7. The van der Waals surface area contributed by atoms with E-state index in [0.717, 1.165) is 16.9 Å². The molecule has 0 saturated carbocycles. The predicted molar refractivity (Wildman–Crippen MR) is 122 cm³/mol. The van der Waals surface area contributed by atoms with Crippen LogP contribution in [0.4, 0.5) is 11.5 Å². The average molecular weight is 433 g/mol. The van der Waals surface area contributed by atoms with Gasteiger partial charge in [-0.2, -0.15) is 0 Å². The maximum atomic E-state index is 13.4. The molecule has 3 aromatic rings. The topological polar surface area (TPSA) is 85.2 Å². The van der Waals surface area contributed by atoms with Crippen molar-refractivity contribution >= 4 is 34.7 Å². The highest BCUT2D eigenvalue weighted by molar-refractivity contribution is 7.98. The van der Waals surface area contributed by atoms with Crippen LogP contribution in [-0.2, 0) is 7.05 Å². The number of methoxy groups -OCH3 is 1. The number of benzene rings is 2. The van der Waals surface area contributed by atoms with Gasteiger partial charge in [0.1, 0.15) is 11.4 Å². The van der Waals surface area contributed by atoms with E-state index in [-0.39, 0.29) is 11.3 Å². The van der Waals surface area contributed by atoms with E-state index < -0.39 is 6.04 Å². The largest absolute Gasteiger partial charge is 0.497 e. The van der Waals surface area contributed by atoms with Crippen LogP contribution >= 0.6 is 11.8 Å². The molecule has 2 heterocycles. The minimum Gasteiger partial charge on any atom is -0.497 e. The Morgan fingerprint density at radius 3 is 2.45 bits per heavy atom. The van der Waals surface area contributed by atoms with Gasteiger partial charge in [0.2, 0.25) is 0 Å². The molecule has 0 fully saturated rings. The summed E-state index contributed by atoms with van der Waals surface area (Å²) < 4.78 is 6.79. The Hall–Kier alpha value is -3.52. The number of aromatic nitrogens is 2. The molecule has 0 radical (unpaired) electrons. The van der Waals surface area contributed by atoms with Crippen molar-refractivity contribution in [1.29, 1.82) is 0 Å². The lowest BCUT2D eigenvalue weighted by atomic mass is 9.95. The van der Waals surface area contributed by atoms with Crippen LogP contribution in [0.25, 0.3) is 5.70 Å². The fraction of sp³-hybridized carbons (Fsp3) is 0.174. The van der Waals surface area contributed by atoms with E-state index in [9.17, 15) is 9.59 Å². The van der Waals surface area contributed by atoms with Crippen molar-refractivity contribution < 1.29 is 9.53 Å². The smallest absolute Gasteiger partial charge is 0.279 e. The van der Waals surface area contributed by atoms with Gasteiger partial charge in [-0.15, -0.1) is 0 Å². The minimum absolute atomic E-state index is 0.0684. The van der Waals surface area contributed by atoms with Gasteiger partial charge in [0.25, 0.3) is 5.56 Å². The Morgan fingerprint density at radius 1 is 1.06 bits per heavy atom. The summed E-state index contributed by atoms with van der Waals surface area (Å²) in [5.74, 6) is 1.08. The van der Waals surface area contributed by atoms with Gasteiger partial charge in [-0.05, 0) is 24.0 Å². The van der Waals surface area contributed by atoms with Crippen molar-refractivity contribution in [2.24, 2.45) is 7.05 Å². The molecule has 1 aliphatic carbocycles. The van der Waals surface area contributed by atoms with Crippen LogP contribution in [0.5, 0.6) is 5.75 Å². The second kappa shape index (κ2) is 7.31. The summed E-state index contributed by atoms with van der Waals surface area (Å²) in [4.78, 5) is 31.2. The van der Waals surface area contributed by atoms with E-state index in [4.69, 9.17) is 4.74 Å². The molecule has 5 rings (SSSR count).